The maximum absolute atomic E-state index is 11.8. The Bertz CT molecular complexity index is 221. The minimum absolute atomic E-state index is 0.0392. The molecule has 80 valence electrons. The minimum Gasteiger partial charge on any atom is -0.336 e. The highest BCUT2D eigenvalue weighted by atomic mass is 16.2. The molecule has 0 unspecified atom stereocenters. The van der Waals surface area contributed by atoms with Crippen LogP contribution in [0.5, 0.6) is 0 Å². The second kappa shape index (κ2) is 3.89. The van der Waals surface area contributed by atoms with Crippen LogP contribution in [-0.2, 0) is 4.79 Å². The summed E-state index contributed by atoms with van der Waals surface area (Å²) in [5.74, 6) is 0.337. The van der Waals surface area contributed by atoms with E-state index < -0.39 is 0 Å². The molecule has 0 radical (unpaired) electrons. The Labute approximate surface area is 85.6 Å². The van der Waals surface area contributed by atoms with E-state index in [9.17, 15) is 4.79 Å². The summed E-state index contributed by atoms with van der Waals surface area (Å²) >= 11 is 0. The van der Waals surface area contributed by atoms with Gasteiger partial charge in [0.1, 0.15) is 0 Å². The first-order valence-electron chi connectivity index (χ1n) is 5.79. The van der Waals surface area contributed by atoms with Crippen molar-refractivity contribution in [2.24, 2.45) is 5.73 Å². The predicted molar refractivity (Wildman–Crippen MR) is 55.8 cm³/mol. The second-order valence-electron chi connectivity index (χ2n) is 4.64. The molecule has 1 aliphatic carbocycles. The first-order valence-corrected chi connectivity index (χ1v) is 5.79. The lowest BCUT2D eigenvalue weighted by atomic mass is 9.92. The smallest absolute Gasteiger partial charge is 0.223 e. The number of amides is 1. The van der Waals surface area contributed by atoms with Crippen LogP contribution in [0, 0.1) is 0 Å². The monoisotopic (exact) mass is 196 g/mol. The van der Waals surface area contributed by atoms with E-state index >= 15 is 0 Å². The van der Waals surface area contributed by atoms with Gasteiger partial charge in [-0.05, 0) is 25.7 Å². The fourth-order valence-electron chi connectivity index (χ4n) is 2.92. The first-order chi connectivity index (χ1) is 6.78. The third-order valence-electron chi connectivity index (χ3n) is 3.81. The van der Waals surface area contributed by atoms with Gasteiger partial charge in [-0.3, -0.25) is 4.79 Å². The predicted octanol–water partition coefficient (Wildman–Crippen LogP) is 1.27. The minimum atomic E-state index is 0.0392. The number of rotatable bonds is 2. The molecule has 0 aromatic carbocycles. The summed E-state index contributed by atoms with van der Waals surface area (Å²) in [5, 5.41) is 0. The number of carbonyl (C=O) groups is 1. The molecule has 0 bridgehead atoms. The summed E-state index contributed by atoms with van der Waals surface area (Å²) in [6.07, 6.45) is 7.68. The standard InChI is InChI=1S/C11H20N2O/c12-9-11(6-2-3-7-11)13-8-4-1-5-10(13)14/h1-9,12H2. The van der Waals surface area contributed by atoms with E-state index in [1.165, 1.54) is 12.8 Å². The Morgan fingerprint density at radius 1 is 1.21 bits per heavy atom. The number of hydrogen-bond donors (Lipinski definition) is 1. The van der Waals surface area contributed by atoms with Gasteiger partial charge in [0.2, 0.25) is 5.91 Å². The van der Waals surface area contributed by atoms with E-state index in [0.29, 0.717) is 12.5 Å². The molecule has 1 saturated carbocycles. The molecular formula is C11H20N2O. The van der Waals surface area contributed by atoms with E-state index in [-0.39, 0.29) is 5.54 Å². The molecule has 3 nitrogen and oxygen atoms in total. The van der Waals surface area contributed by atoms with Crippen molar-refractivity contribution in [2.75, 3.05) is 13.1 Å². The topological polar surface area (TPSA) is 46.3 Å². The number of nitrogens with zero attached hydrogens (tertiary/aromatic N) is 1. The Hall–Kier alpha value is -0.570. The van der Waals surface area contributed by atoms with Gasteiger partial charge in [0, 0.05) is 19.5 Å². The lowest BCUT2D eigenvalue weighted by Crippen LogP contribution is -2.56. The van der Waals surface area contributed by atoms with Crippen LogP contribution in [0.1, 0.15) is 44.9 Å². The molecule has 1 aliphatic heterocycles. The van der Waals surface area contributed by atoms with Gasteiger partial charge in [-0.1, -0.05) is 12.8 Å². The van der Waals surface area contributed by atoms with E-state index in [4.69, 9.17) is 5.73 Å². The normalized spacial score (nSPS) is 26.9. The van der Waals surface area contributed by atoms with Gasteiger partial charge in [0.05, 0.1) is 5.54 Å². The van der Waals surface area contributed by atoms with Gasteiger partial charge in [0.25, 0.3) is 0 Å². The van der Waals surface area contributed by atoms with Crippen LogP contribution in [0.3, 0.4) is 0 Å². The molecule has 14 heavy (non-hydrogen) atoms. The highest BCUT2D eigenvalue weighted by molar-refractivity contribution is 5.77. The molecule has 1 amide bonds. The molecule has 0 spiro atoms. The van der Waals surface area contributed by atoms with Gasteiger partial charge in [0.15, 0.2) is 0 Å². The molecule has 0 aromatic heterocycles. The van der Waals surface area contributed by atoms with Crippen molar-refractivity contribution in [1.82, 2.24) is 4.90 Å². The average Bonchev–Trinajstić information content (AvgIpc) is 2.68. The van der Waals surface area contributed by atoms with Crippen LogP contribution >= 0.6 is 0 Å². The van der Waals surface area contributed by atoms with Crippen molar-refractivity contribution >= 4 is 5.91 Å². The number of likely N-dealkylation sites (tertiary alicyclic amines) is 1. The average molecular weight is 196 g/mol. The molecule has 2 rings (SSSR count). The quantitative estimate of drug-likeness (QED) is 0.723. The Morgan fingerprint density at radius 3 is 2.50 bits per heavy atom. The zero-order valence-corrected chi connectivity index (χ0v) is 8.80. The summed E-state index contributed by atoms with van der Waals surface area (Å²) in [5.41, 5.74) is 5.91. The molecule has 2 fully saturated rings. The zero-order valence-electron chi connectivity index (χ0n) is 8.80. The molecule has 2 N–H and O–H groups in total. The van der Waals surface area contributed by atoms with Crippen LogP contribution in [0.2, 0.25) is 0 Å². The number of nitrogens with two attached hydrogens (primary N) is 1. The fourth-order valence-corrected chi connectivity index (χ4v) is 2.92. The largest absolute Gasteiger partial charge is 0.336 e. The van der Waals surface area contributed by atoms with Crippen LogP contribution in [-0.4, -0.2) is 29.4 Å². The summed E-state index contributed by atoms with van der Waals surface area (Å²) in [7, 11) is 0. The highest BCUT2D eigenvalue weighted by Crippen LogP contribution is 2.36. The van der Waals surface area contributed by atoms with Crippen LogP contribution in [0.25, 0.3) is 0 Å². The first kappa shape index (κ1) is 9.97. The molecule has 1 saturated heterocycles. The molecular weight excluding hydrogens is 176 g/mol. The lowest BCUT2D eigenvalue weighted by Gasteiger charge is -2.42. The van der Waals surface area contributed by atoms with Gasteiger partial charge in [-0.25, -0.2) is 0 Å². The molecule has 1 heterocycles. The zero-order chi connectivity index (χ0) is 10.0. The summed E-state index contributed by atoms with van der Waals surface area (Å²) in [6, 6.07) is 0. The van der Waals surface area contributed by atoms with Crippen molar-refractivity contribution in [3.05, 3.63) is 0 Å². The van der Waals surface area contributed by atoms with Crippen LogP contribution < -0.4 is 5.73 Å². The lowest BCUT2D eigenvalue weighted by molar-refractivity contribution is -0.139. The van der Waals surface area contributed by atoms with Crippen LogP contribution in [0.4, 0.5) is 0 Å². The van der Waals surface area contributed by atoms with Crippen molar-refractivity contribution in [3.63, 3.8) is 0 Å². The summed E-state index contributed by atoms with van der Waals surface area (Å²) in [4.78, 5) is 13.9. The van der Waals surface area contributed by atoms with Crippen molar-refractivity contribution in [3.8, 4) is 0 Å². The van der Waals surface area contributed by atoms with E-state index in [0.717, 1.165) is 38.6 Å². The van der Waals surface area contributed by atoms with E-state index in [2.05, 4.69) is 4.90 Å². The highest BCUT2D eigenvalue weighted by Gasteiger charge is 2.41. The van der Waals surface area contributed by atoms with Gasteiger partial charge in [-0.2, -0.15) is 0 Å². The SMILES string of the molecule is NCC1(N2CCCCC2=O)CCCC1. The molecule has 2 aliphatic rings. The molecule has 0 aromatic rings. The number of hydrogen-bond acceptors (Lipinski definition) is 2. The van der Waals surface area contributed by atoms with E-state index in [1.807, 2.05) is 0 Å². The van der Waals surface area contributed by atoms with Crippen LogP contribution in [0.15, 0.2) is 0 Å². The maximum atomic E-state index is 11.8. The van der Waals surface area contributed by atoms with Crippen molar-refractivity contribution < 1.29 is 4.79 Å². The van der Waals surface area contributed by atoms with Crippen molar-refractivity contribution in [2.45, 2.75) is 50.5 Å². The van der Waals surface area contributed by atoms with Gasteiger partial charge >= 0.3 is 0 Å². The summed E-state index contributed by atoms with van der Waals surface area (Å²) in [6.45, 7) is 1.59. The Kier molecular flexibility index (Phi) is 2.77. The Balaban J connectivity index is 2.13. The molecule has 0 atom stereocenters. The third kappa shape index (κ3) is 1.54. The Morgan fingerprint density at radius 2 is 1.93 bits per heavy atom. The fraction of sp³-hybridized carbons (Fsp3) is 0.909. The number of carbonyl (C=O) groups excluding carboxylic acids is 1. The maximum Gasteiger partial charge on any atom is 0.223 e. The van der Waals surface area contributed by atoms with Gasteiger partial charge in [-0.15, -0.1) is 0 Å². The van der Waals surface area contributed by atoms with E-state index in [1.54, 1.807) is 0 Å². The van der Waals surface area contributed by atoms with Gasteiger partial charge < -0.3 is 10.6 Å². The van der Waals surface area contributed by atoms with Crippen molar-refractivity contribution in [1.29, 1.82) is 0 Å². The number of piperidine rings is 1. The third-order valence-corrected chi connectivity index (χ3v) is 3.81. The second-order valence-corrected chi connectivity index (χ2v) is 4.64. The molecule has 3 heteroatoms. The summed E-state index contributed by atoms with van der Waals surface area (Å²) < 4.78 is 0.